The van der Waals surface area contributed by atoms with Gasteiger partial charge < -0.3 is 14.8 Å². The van der Waals surface area contributed by atoms with Gasteiger partial charge in [0.2, 0.25) is 5.91 Å². The first-order chi connectivity index (χ1) is 17.7. The maximum atomic E-state index is 13.4. The molecule has 0 saturated heterocycles. The number of aromatic nitrogens is 2. The fraction of sp³-hybridized carbons (Fsp3) is 0.360. The van der Waals surface area contributed by atoms with Crippen LogP contribution in [0.1, 0.15) is 25.7 Å². The van der Waals surface area contributed by atoms with Crippen LogP contribution in [0.3, 0.4) is 0 Å². The highest BCUT2D eigenvalue weighted by atomic mass is 35.5. The molecule has 2 amide bonds. The predicted molar refractivity (Wildman–Crippen MR) is 137 cm³/mol. The van der Waals surface area contributed by atoms with E-state index in [2.05, 4.69) is 5.32 Å². The highest BCUT2D eigenvalue weighted by Gasteiger charge is 2.27. The SMILES string of the molecule is COc1cc(OC)c(NC(=O)Cn2c(=O)n(CC(=O)N(O)C3CCCC3)c(=O)c3ccccc32)cc1Cl. The highest BCUT2D eigenvalue weighted by molar-refractivity contribution is 6.32. The maximum absolute atomic E-state index is 13.4. The Labute approximate surface area is 216 Å². The van der Waals surface area contributed by atoms with Crippen LogP contribution in [0.4, 0.5) is 5.69 Å². The van der Waals surface area contributed by atoms with Crippen molar-refractivity contribution in [3.05, 3.63) is 62.3 Å². The van der Waals surface area contributed by atoms with Crippen molar-refractivity contribution in [3.63, 3.8) is 0 Å². The van der Waals surface area contributed by atoms with Crippen molar-refractivity contribution in [1.82, 2.24) is 14.2 Å². The number of ether oxygens (including phenoxy) is 2. The molecular formula is C25H27ClN4O7. The molecule has 37 heavy (non-hydrogen) atoms. The lowest BCUT2D eigenvalue weighted by Crippen LogP contribution is -2.46. The molecule has 2 N–H and O–H groups in total. The van der Waals surface area contributed by atoms with E-state index in [4.69, 9.17) is 21.1 Å². The van der Waals surface area contributed by atoms with Crippen LogP contribution >= 0.6 is 11.6 Å². The Morgan fingerprint density at radius 1 is 1.05 bits per heavy atom. The minimum Gasteiger partial charge on any atom is -0.495 e. The van der Waals surface area contributed by atoms with E-state index in [0.717, 1.165) is 22.0 Å². The van der Waals surface area contributed by atoms with Crippen molar-refractivity contribution in [3.8, 4) is 11.5 Å². The zero-order valence-corrected chi connectivity index (χ0v) is 21.2. The molecule has 0 bridgehead atoms. The van der Waals surface area contributed by atoms with Crippen molar-refractivity contribution in [2.24, 2.45) is 0 Å². The highest BCUT2D eigenvalue weighted by Crippen LogP contribution is 2.35. The summed E-state index contributed by atoms with van der Waals surface area (Å²) in [6, 6.07) is 8.92. The number of nitrogens with zero attached hydrogens (tertiary/aromatic N) is 3. The molecule has 3 aromatic rings. The summed E-state index contributed by atoms with van der Waals surface area (Å²) < 4.78 is 12.3. The van der Waals surface area contributed by atoms with E-state index in [9.17, 15) is 24.4 Å². The van der Waals surface area contributed by atoms with Gasteiger partial charge in [0, 0.05) is 6.07 Å². The molecule has 1 saturated carbocycles. The number of methoxy groups -OCH3 is 2. The number of carbonyl (C=O) groups excluding carboxylic acids is 2. The number of hydrogen-bond donors (Lipinski definition) is 2. The molecule has 0 aliphatic heterocycles. The fourth-order valence-electron chi connectivity index (χ4n) is 4.51. The zero-order valence-electron chi connectivity index (χ0n) is 20.4. The smallest absolute Gasteiger partial charge is 0.332 e. The quantitative estimate of drug-likeness (QED) is 0.338. The third kappa shape index (κ3) is 5.32. The lowest BCUT2D eigenvalue weighted by atomic mass is 10.2. The number of fused-ring (bicyclic) bond motifs is 1. The largest absolute Gasteiger partial charge is 0.495 e. The number of hydrogen-bond acceptors (Lipinski definition) is 7. The molecule has 1 fully saturated rings. The Hall–Kier alpha value is -3.83. The molecule has 0 atom stereocenters. The molecule has 1 heterocycles. The summed E-state index contributed by atoms with van der Waals surface area (Å²) in [5.41, 5.74) is -1.06. The van der Waals surface area contributed by atoms with E-state index in [1.807, 2.05) is 0 Å². The summed E-state index contributed by atoms with van der Waals surface area (Å²) in [5, 5.41) is 14.0. The second-order valence-corrected chi connectivity index (χ2v) is 9.10. The van der Waals surface area contributed by atoms with Gasteiger partial charge in [0.25, 0.3) is 11.5 Å². The van der Waals surface area contributed by atoms with E-state index in [-0.39, 0.29) is 33.4 Å². The Balaban J connectivity index is 1.67. The first kappa shape index (κ1) is 26.2. The molecule has 2 aromatic carbocycles. The molecule has 11 nitrogen and oxygen atoms in total. The Kier molecular flexibility index (Phi) is 7.84. The number of anilines is 1. The predicted octanol–water partition coefficient (Wildman–Crippen LogP) is 2.63. The average Bonchev–Trinajstić information content (AvgIpc) is 3.43. The minimum atomic E-state index is -0.855. The lowest BCUT2D eigenvalue weighted by molar-refractivity contribution is -0.176. The van der Waals surface area contributed by atoms with Crippen molar-refractivity contribution < 1.29 is 24.3 Å². The minimum absolute atomic E-state index is 0.151. The number of amides is 2. The van der Waals surface area contributed by atoms with Crippen LogP contribution in [0.15, 0.2) is 46.0 Å². The summed E-state index contributed by atoms with van der Waals surface area (Å²) in [4.78, 5) is 52.2. The number of para-hydroxylation sites is 1. The molecule has 0 radical (unpaired) electrons. The van der Waals surface area contributed by atoms with Crippen LogP contribution in [0, 0.1) is 0 Å². The second kappa shape index (κ2) is 11.1. The number of halogens is 1. The Morgan fingerprint density at radius 3 is 2.41 bits per heavy atom. The number of rotatable bonds is 8. The van der Waals surface area contributed by atoms with Gasteiger partial charge >= 0.3 is 5.69 Å². The summed E-state index contributed by atoms with van der Waals surface area (Å²) in [7, 11) is 2.86. The lowest BCUT2D eigenvalue weighted by Gasteiger charge is -2.22. The summed E-state index contributed by atoms with van der Waals surface area (Å²) in [5.74, 6) is -0.726. The van der Waals surface area contributed by atoms with Gasteiger partial charge in [0.15, 0.2) is 0 Å². The van der Waals surface area contributed by atoms with Crippen LogP contribution in [0.5, 0.6) is 11.5 Å². The molecule has 1 aromatic heterocycles. The average molecular weight is 531 g/mol. The molecule has 1 aliphatic rings. The van der Waals surface area contributed by atoms with E-state index in [1.165, 1.54) is 32.4 Å². The van der Waals surface area contributed by atoms with Crippen LogP contribution in [0.25, 0.3) is 10.9 Å². The van der Waals surface area contributed by atoms with Crippen LogP contribution in [0.2, 0.25) is 5.02 Å². The fourth-order valence-corrected chi connectivity index (χ4v) is 4.76. The Morgan fingerprint density at radius 2 is 1.73 bits per heavy atom. The van der Waals surface area contributed by atoms with Crippen LogP contribution in [-0.2, 0) is 22.7 Å². The van der Waals surface area contributed by atoms with E-state index < -0.39 is 36.2 Å². The van der Waals surface area contributed by atoms with Gasteiger partial charge in [-0.3, -0.25) is 28.7 Å². The van der Waals surface area contributed by atoms with Gasteiger partial charge in [-0.1, -0.05) is 36.6 Å². The summed E-state index contributed by atoms with van der Waals surface area (Å²) >= 11 is 6.18. The van der Waals surface area contributed by atoms with E-state index >= 15 is 0 Å². The first-order valence-corrected chi connectivity index (χ1v) is 12.1. The number of nitrogens with one attached hydrogen (secondary N) is 1. The normalized spacial score (nSPS) is 13.5. The number of hydroxylamine groups is 2. The number of carbonyl (C=O) groups is 2. The van der Waals surface area contributed by atoms with Crippen molar-refractivity contribution in [2.75, 3.05) is 19.5 Å². The van der Waals surface area contributed by atoms with Gasteiger partial charge in [-0.15, -0.1) is 0 Å². The molecular weight excluding hydrogens is 504 g/mol. The summed E-state index contributed by atoms with van der Waals surface area (Å²) in [6.45, 7) is -1.12. The zero-order chi connectivity index (χ0) is 26.7. The van der Waals surface area contributed by atoms with Crippen molar-refractivity contribution in [2.45, 2.75) is 44.8 Å². The summed E-state index contributed by atoms with van der Waals surface area (Å²) in [6.07, 6.45) is 3.07. The second-order valence-electron chi connectivity index (χ2n) is 8.69. The van der Waals surface area contributed by atoms with Gasteiger partial charge in [0.1, 0.15) is 24.6 Å². The third-order valence-corrected chi connectivity index (χ3v) is 6.70. The standard InChI is InChI=1S/C25H27ClN4O7/c1-36-20-12-21(37-2)18(11-17(20)26)27-22(31)13-28-19-10-6-5-9-16(19)24(33)29(25(28)34)14-23(32)30(35)15-7-3-4-8-15/h5-6,9-12,15,35H,3-4,7-8,13-14H2,1-2H3,(H,27,31). The molecule has 4 rings (SSSR count). The maximum Gasteiger partial charge on any atom is 0.332 e. The molecule has 0 spiro atoms. The van der Waals surface area contributed by atoms with Crippen molar-refractivity contribution in [1.29, 1.82) is 0 Å². The van der Waals surface area contributed by atoms with Crippen molar-refractivity contribution >= 4 is 40.0 Å². The van der Waals surface area contributed by atoms with Crippen LogP contribution < -0.4 is 26.0 Å². The monoisotopic (exact) mass is 530 g/mol. The van der Waals surface area contributed by atoms with E-state index in [0.29, 0.717) is 23.7 Å². The van der Waals surface area contributed by atoms with Gasteiger partial charge in [-0.25, -0.2) is 9.86 Å². The van der Waals surface area contributed by atoms with Gasteiger partial charge in [-0.05, 0) is 31.0 Å². The van der Waals surface area contributed by atoms with E-state index in [1.54, 1.807) is 18.2 Å². The Bertz CT molecular complexity index is 1460. The van der Waals surface area contributed by atoms with Crippen LogP contribution in [-0.4, -0.2) is 51.5 Å². The molecule has 0 unspecified atom stereocenters. The van der Waals surface area contributed by atoms with Gasteiger partial charge in [-0.2, -0.15) is 0 Å². The topological polar surface area (TPSA) is 132 Å². The molecule has 12 heteroatoms. The molecule has 196 valence electrons. The number of benzene rings is 2. The third-order valence-electron chi connectivity index (χ3n) is 6.40. The first-order valence-electron chi connectivity index (χ1n) is 11.7. The molecule has 1 aliphatic carbocycles. The van der Waals surface area contributed by atoms with Gasteiger partial charge in [0.05, 0.1) is 41.9 Å².